The van der Waals surface area contributed by atoms with Crippen molar-refractivity contribution in [3.05, 3.63) is 56.5 Å². The average molecular weight is 284 g/mol. The first-order chi connectivity index (χ1) is 8.61. The first-order valence-corrected chi connectivity index (χ1v) is 7.07. The van der Waals surface area contributed by atoms with Gasteiger partial charge in [-0.05, 0) is 60.0 Å². The highest BCUT2D eigenvalue weighted by Crippen LogP contribution is 2.26. The molecule has 4 heteroatoms. The smallest absolute Gasteiger partial charge is 0.142 e. The van der Waals surface area contributed by atoms with Crippen LogP contribution in [0.15, 0.2) is 29.0 Å². The maximum absolute atomic E-state index is 13.4. The molecule has 0 radical (unpaired) electrons. The summed E-state index contributed by atoms with van der Waals surface area (Å²) in [5, 5.41) is 7.72. The van der Waals surface area contributed by atoms with E-state index in [2.05, 4.69) is 23.0 Å². The number of aryl methyl sites for hydroxylation is 1. The van der Waals surface area contributed by atoms with Crippen LogP contribution in [0, 0.1) is 12.7 Å². The lowest BCUT2D eigenvalue weighted by atomic mass is 9.99. The van der Waals surface area contributed by atoms with E-state index >= 15 is 0 Å². The highest BCUT2D eigenvalue weighted by Gasteiger charge is 2.14. The van der Waals surface area contributed by atoms with E-state index in [9.17, 15) is 4.39 Å². The topological polar surface area (TPSA) is 12.0 Å². The van der Waals surface area contributed by atoms with Crippen molar-refractivity contribution in [3.8, 4) is 0 Å². The molecular formula is C14H15ClFNS. The van der Waals surface area contributed by atoms with Crippen LogP contribution in [0.3, 0.4) is 0 Å². The van der Waals surface area contributed by atoms with Crippen molar-refractivity contribution >= 4 is 22.9 Å². The van der Waals surface area contributed by atoms with Gasteiger partial charge in [-0.2, -0.15) is 11.3 Å². The maximum Gasteiger partial charge on any atom is 0.142 e. The molecule has 0 fully saturated rings. The van der Waals surface area contributed by atoms with Crippen LogP contribution in [0.1, 0.15) is 22.7 Å². The van der Waals surface area contributed by atoms with E-state index in [0.717, 1.165) is 12.0 Å². The van der Waals surface area contributed by atoms with Gasteiger partial charge in [0.1, 0.15) is 5.82 Å². The molecule has 1 unspecified atom stereocenters. The van der Waals surface area contributed by atoms with E-state index in [1.807, 2.05) is 13.1 Å². The molecule has 0 saturated heterocycles. The fourth-order valence-electron chi connectivity index (χ4n) is 2.00. The van der Waals surface area contributed by atoms with Crippen LogP contribution in [-0.2, 0) is 6.42 Å². The van der Waals surface area contributed by atoms with Gasteiger partial charge in [-0.3, -0.25) is 0 Å². The van der Waals surface area contributed by atoms with Crippen molar-refractivity contribution in [2.75, 3.05) is 7.05 Å². The normalized spacial score (nSPS) is 12.7. The summed E-state index contributed by atoms with van der Waals surface area (Å²) >= 11 is 7.38. The number of halogens is 2. The van der Waals surface area contributed by atoms with E-state index in [-0.39, 0.29) is 16.9 Å². The SMILES string of the molecule is CNC(Cc1ccc(Cl)c(F)c1)c1cscc1C. The number of likely N-dealkylation sites (N-methyl/N-ethyl adjacent to an activating group) is 1. The molecule has 1 aromatic heterocycles. The lowest BCUT2D eigenvalue weighted by molar-refractivity contribution is 0.583. The zero-order chi connectivity index (χ0) is 13.1. The van der Waals surface area contributed by atoms with Gasteiger partial charge in [-0.1, -0.05) is 17.7 Å². The van der Waals surface area contributed by atoms with Crippen LogP contribution >= 0.6 is 22.9 Å². The quantitative estimate of drug-likeness (QED) is 0.879. The summed E-state index contributed by atoms with van der Waals surface area (Å²) < 4.78 is 13.4. The number of hydrogen-bond acceptors (Lipinski definition) is 2. The fraction of sp³-hybridized carbons (Fsp3) is 0.286. The summed E-state index contributed by atoms with van der Waals surface area (Å²) in [7, 11) is 1.92. The molecule has 2 rings (SSSR count). The molecule has 1 N–H and O–H groups in total. The summed E-state index contributed by atoms with van der Waals surface area (Å²) in [4.78, 5) is 0. The Kier molecular flexibility index (Phi) is 4.38. The number of rotatable bonds is 4. The second-order valence-electron chi connectivity index (χ2n) is 4.30. The molecule has 0 aliphatic heterocycles. The number of thiophene rings is 1. The minimum Gasteiger partial charge on any atom is -0.313 e. The van der Waals surface area contributed by atoms with Gasteiger partial charge in [0.15, 0.2) is 0 Å². The predicted octanol–water partition coefficient (Wildman–Crippen LogP) is 4.35. The van der Waals surface area contributed by atoms with Gasteiger partial charge in [0.2, 0.25) is 0 Å². The summed E-state index contributed by atoms with van der Waals surface area (Å²) in [6, 6.07) is 5.20. The van der Waals surface area contributed by atoms with Gasteiger partial charge in [0.05, 0.1) is 5.02 Å². The summed E-state index contributed by atoms with van der Waals surface area (Å²) in [5.74, 6) is -0.355. The van der Waals surface area contributed by atoms with Crippen LogP contribution < -0.4 is 5.32 Å². The predicted molar refractivity (Wildman–Crippen MR) is 76.0 cm³/mol. The van der Waals surface area contributed by atoms with E-state index in [1.165, 1.54) is 17.2 Å². The Morgan fingerprint density at radius 2 is 2.17 bits per heavy atom. The van der Waals surface area contributed by atoms with Crippen LogP contribution in [-0.4, -0.2) is 7.05 Å². The Morgan fingerprint density at radius 1 is 1.39 bits per heavy atom. The Hall–Kier alpha value is -0.900. The Bertz CT molecular complexity index is 538. The zero-order valence-corrected chi connectivity index (χ0v) is 11.9. The average Bonchev–Trinajstić information content (AvgIpc) is 2.77. The highest BCUT2D eigenvalue weighted by molar-refractivity contribution is 7.08. The number of nitrogens with one attached hydrogen (secondary N) is 1. The lowest BCUT2D eigenvalue weighted by Gasteiger charge is -2.16. The molecule has 1 aromatic carbocycles. The molecule has 1 heterocycles. The molecule has 0 aliphatic rings. The standard InChI is InChI=1S/C14H15ClFNS/c1-9-7-18-8-11(9)14(17-2)6-10-3-4-12(15)13(16)5-10/h3-5,7-8,14,17H,6H2,1-2H3. The van der Waals surface area contributed by atoms with Crippen LogP contribution in [0.4, 0.5) is 4.39 Å². The van der Waals surface area contributed by atoms with Crippen molar-refractivity contribution in [2.24, 2.45) is 0 Å². The van der Waals surface area contributed by atoms with Gasteiger partial charge in [0.25, 0.3) is 0 Å². The third kappa shape index (κ3) is 2.91. The molecule has 0 amide bonds. The molecule has 0 aliphatic carbocycles. The Labute approximate surface area is 116 Å². The van der Waals surface area contributed by atoms with Crippen LogP contribution in [0.5, 0.6) is 0 Å². The third-order valence-corrected chi connectivity index (χ3v) is 4.23. The third-order valence-electron chi connectivity index (χ3n) is 3.04. The molecule has 2 aromatic rings. The van der Waals surface area contributed by atoms with E-state index in [0.29, 0.717) is 0 Å². The Balaban J connectivity index is 2.20. The minimum atomic E-state index is -0.355. The minimum absolute atomic E-state index is 0.173. The zero-order valence-electron chi connectivity index (χ0n) is 10.3. The molecular weight excluding hydrogens is 269 g/mol. The van der Waals surface area contributed by atoms with Crippen molar-refractivity contribution in [1.82, 2.24) is 5.32 Å². The van der Waals surface area contributed by atoms with E-state index in [4.69, 9.17) is 11.6 Å². The summed E-state index contributed by atoms with van der Waals surface area (Å²) in [6.07, 6.45) is 0.752. The Morgan fingerprint density at radius 3 is 2.72 bits per heavy atom. The lowest BCUT2D eigenvalue weighted by Crippen LogP contribution is -2.19. The van der Waals surface area contributed by atoms with Crippen molar-refractivity contribution in [2.45, 2.75) is 19.4 Å². The molecule has 0 saturated carbocycles. The van der Waals surface area contributed by atoms with Crippen LogP contribution in [0.2, 0.25) is 5.02 Å². The van der Waals surface area contributed by atoms with Crippen molar-refractivity contribution < 1.29 is 4.39 Å². The summed E-state index contributed by atoms with van der Waals surface area (Å²) in [5.41, 5.74) is 3.49. The van der Waals surface area contributed by atoms with E-state index in [1.54, 1.807) is 17.4 Å². The molecule has 0 bridgehead atoms. The monoisotopic (exact) mass is 283 g/mol. The molecule has 1 nitrogen and oxygen atoms in total. The number of hydrogen-bond donors (Lipinski definition) is 1. The molecule has 96 valence electrons. The fourth-order valence-corrected chi connectivity index (χ4v) is 3.02. The molecule has 18 heavy (non-hydrogen) atoms. The molecule has 1 atom stereocenters. The van der Waals surface area contributed by atoms with Crippen LogP contribution in [0.25, 0.3) is 0 Å². The van der Waals surface area contributed by atoms with Gasteiger partial charge >= 0.3 is 0 Å². The second-order valence-corrected chi connectivity index (χ2v) is 5.45. The van der Waals surface area contributed by atoms with Crippen molar-refractivity contribution in [3.63, 3.8) is 0 Å². The number of benzene rings is 1. The second kappa shape index (κ2) is 5.83. The maximum atomic E-state index is 13.4. The first-order valence-electron chi connectivity index (χ1n) is 5.75. The van der Waals surface area contributed by atoms with Gasteiger partial charge < -0.3 is 5.32 Å². The molecule has 0 spiro atoms. The van der Waals surface area contributed by atoms with Gasteiger partial charge in [-0.15, -0.1) is 0 Å². The summed E-state index contributed by atoms with van der Waals surface area (Å²) in [6.45, 7) is 2.10. The van der Waals surface area contributed by atoms with E-state index < -0.39 is 0 Å². The first kappa shape index (κ1) is 13.5. The highest BCUT2D eigenvalue weighted by atomic mass is 35.5. The van der Waals surface area contributed by atoms with Gasteiger partial charge in [0, 0.05) is 6.04 Å². The largest absolute Gasteiger partial charge is 0.313 e. The van der Waals surface area contributed by atoms with Gasteiger partial charge in [-0.25, -0.2) is 4.39 Å². The van der Waals surface area contributed by atoms with Crippen molar-refractivity contribution in [1.29, 1.82) is 0 Å².